The molecule has 3 rings (SSSR count). The zero-order valence-corrected chi connectivity index (χ0v) is 14.2. The van der Waals surface area contributed by atoms with E-state index in [0.717, 1.165) is 5.56 Å². The van der Waals surface area contributed by atoms with Gasteiger partial charge in [-0.2, -0.15) is 0 Å². The Bertz CT molecular complexity index is 817. The van der Waals surface area contributed by atoms with E-state index < -0.39 is 0 Å². The summed E-state index contributed by atoms with van der Waals surface area (Å²) in [5, 5.41) is 2.76. The molecule has 134 valence electrons. The quantitative estimate of drug-likeness (QED) is 0.837. The Labute approximate surface area is 150 Å². The van der Waals surface area contributed by atoms with Crippen molar-refractivity contribution in [2.45, 2.75) is 32.1 Å². The molecule has 0 aliphatic carbocycles. The molecule has 0 atom stereocenters. The van der Waals surface area contributed by atoms with Crippen molar-refractivity contribution in [2.75, 3.05) is 10.2 Å². The van der Waals surface area contributed by atoms with Gasteiger partial charge in [-0.05, 0) is 54.8 Å². The van der Waals surface area contributed by atoms with Crippen molar-refractivity contribution in [1.29, 1.82) is 0 Å². The summed E-state index contributed by atoms with van der Waals surface area (Å²) in [5.41, 5.74) is 1.85. The molecule has 1 fully saturated rings. The number of piperidine rings is 1. The molecule has 1 aliphatic rings. The Kier molecular flexibility index (Phi) is 5.41. The molecule has 0 unspecified atom stereocenters. The molecule has 2 aromatic rings. The first-order valence-electron chi connectivity index (χ1n) is 8.53. The predicted octanol–water partition coefficient (Wildman–Crippen LogP) is 3.44. The van der Waals surface area contributed by atoms with Crippen LogP contribution in [-0.4, -0.2) is 17.7 Å². The summed E-state index contributed by atoms with van der Waals surface area (Å²) in [6, 6.07) is 12.8. The van der Waals surface area contributed by atoms with Gasteiger partial charge in [-0.25, -0.2) is 4.39 Å². The number of nitrogens with zero attached hydrogens (tertiary/aromatic N) is 1. The lowest BCUT2D eigenvalue weighted by Crippen LogP contribution is -2.40. The maximum atomic E-state index is 13.1. The second kappa shape index (κ2) is 7.91. The predicted molar refractivity (Wildman–Crippen MR) is 96.1 cm³/mol. The van der Waals surface area contributed by atoms with Gasteiger partial charge in [0.2, 0.25) is 17.7 Å². The molecule has 0 aromatic heterocycles. The first-order valence-corrected chi connectivity index (χ1v) is 8.53. The SMILES string of the molecule is O=C(CCc1cccc(F)c1)Nc1ccc(N2C(=O)CCCC2=O)cc1. The number of anilines is 2. The molecule has 3 amide bonds. The summed E-state index contributed by atoms with van der Waals surface area (Å²) in [5.74, 6) is -0.909. The van der Waals surface area contributed by atoms with Crippen LogP contribution >= 0.6 is 0 Å². The number of carbonyl (C=O) groups excluding carboxylic acids is 3. The van der Waals surface area contributed by atoms with E-state index >= 15 is 0 Å². The summed E-state index contributed by atoms with van der Waals surface area (Å²) in [7, 11) is 0. The lowest BCUT2D eigenvalue weighted by Gasteiger charge is -2.24. The smallest absolute Gasteiger partial charge is 0.233 e. The van der Waals surface area contributed by atoms with Gasteiger partial charge in [0.05, 0.1) is 5.69 Å². The first-order chi connectivity index (χ1) is 12.5. The molecule has 1 saturated heterocycles. The fourth-order valence-corrected chi connectivity index (χ4v) is 2.91. The third kappa shape index (κ3) is 4.33. The Morgan fingerprint density at radius 1 is 1.04 bits per heavy atom. The third-order valence-corrected chi connectivity index (χ3v) is 4.22. The van der Waals surface area contributed by atoms with E-state index in [4.69, 9.17) is 0 Å². The lowest BCUT2D eigenvalue weighted by molar-refractivity contribution is -0.129. The van der Waals surface area contributed by atoms with Crippen molar-refractivity contribution >= 4 is 29.1 Å². The minimum atomic E-state index is -0.319. The van der Waals surface area contributed by atoms with Crippen LogP contribution in [0.1, 0.15) is 31.2 Å². The van der Waals surface area contributed by atoms with Gasteiger partial charge in [-0.3, -0.25) is 19.3 Å². The monoisotopic (exact) mass is 354 g/mol. The van der Waals surface area contributed by atoms with Crippen LogP contribution in [0.5, 0.6) is 0 Å². The van der Waals surface area contributed by atoms with E-state index in [2.05, 4.69) is 5.32 Å². The Morgan fingerprint density at radius 3 is 2.38 bits per heavy atom. The normalized spacial score (nSPS) is 14.4. The van der Waals surface area contributed by atoms with Crippen LogP contribution in [0.15, 0.2) is 48.5 Å². The molecule has 2 aromatic carbocycles. The number of halogens is 1. The highest BCUT2D eigenvalue weighted by molar-refractivity contribution is 6.16. The zero-order chi connectivity index (χ0) is 18.5. The molecule has 0 radical (unpaired) electrons. The van der Waals surface area contributed by atoms with Crippen LogP contribution in [-0.2, 0) is 20.8 Å². The molecule has 0 spiro atoms. The van der Waals surface area contributed by atoms with E-state index in [-0.39, 0.29) is 30.0 Å². The molecule has 5 nitrogen and oxygen atoms in total. The third-order valence-electron chi connectivity index (χ3n) is 4.22. The largest absolute Gasteiger partial charge is 0.326 e. The van der Waals surface area contributed by atoms with Crippen molar-refractivity contribution in [2.24, 2.45) is 0 Å². The summed E-state index contributed by atoms with van der Waals surface area (Å²) >= 11 is 0. The van der Waals surface area contributed by atoms with Gasteiger partial charge in [0.1, 0.15) is 5.82 Å². The molecule has 1 heterocycles. The molecule has 0 saturated carbocycles. The second-order valence-corrected chi connectivity index (χ2v) is 6.20. The van der Waals surface area contributed by atoms with E-state index in [1.54, 1.807) is 36.4 Å². The molecule has 26 heavy (non-hydrogen) atoms. The van der Waals surface area contributed by atoms with Gasteiger partial charge in [0.15, 0.2) is 0 Å². The highest BCUT2D eigenvalue weighted by Crippen LogP contribution is 2.23. The van der Waals surface area contributed by atoms with Crippen molar-refractivity contribution in [3.05, 3.63) is 59.9 Å². The summed E-state index contributed by atoms with van der Waals surface area (Å²) in [6.45, 7) is 0. The number of aryl methyl sites for hydroxylation is 1. The average molecular weight is 354 g/mol. The summed E-state index contributed by atoms with van der Waals surface area (Å²) in [6.07, 6.45) is 2.00. The average Bonchev–Trinajstić information content (AvgIpc) is 2.61. The molecule has 6 heteroatoms. The minimum absolute atomic E-state index is 0.188. The van der Waals surface area contributed by atoms with Crippen LogP contribution in [0.2, 0.25) is 0 Å². The van der Waals surface area contributed by atoms with Crippen molar-refractivity contribution < 1.29 is 18.8 Å². The number of amides is 3. The second-order valence-electron chi connectivity index (χ2n) is 6.20. The Morgan fingerprint density at radius 2 is 1.73 bits per heavy atom. The highest BCUT2D eigenvalue weighted by atomic mass is 19.1. The van der Waals surface area contributed by atoms with E-state index in [1.165, 1.54) is 17.0 Å². The van der Waals surface area contributed by atoms with Crippen LogP contribution < -0.4 is 10.2 Å². The van der Waals surface area contributed by atoms with Crippen molar-refractivity contribution in [3.63, 3.8) is 0 Å². The van der Waals surface area contributed by atoms with E-state index in [1.807, 2.05) is 0 Å². The topological polar surface area (TPSA) is 66.5 Å². The fraction of sp³-hybridized carbons (Fsp3) is 0.250. The van der Waals surface area contributed by atoms with Gasteiger partial charge in [-0.15, -0.1) is 0 Å². The standard InChI is InChI=1S/C20H19FN2O3/c21-15-4-1-3-14(13-15)7-12-18(24)22-16-8-10-17(11-9-16)23-19(25)5-2-6-20(23)26/h1,3-4,8-11,13H,2,5-7,12H2,(H,22,24). The van der Waals surface area contributed by atoms with Gasteiger partial charge < -0.3 is 5.32 Å². The number of imide groups is 1. The number of benzene rings is 2. The Balaban J connectivity index is 1.57. The summed E-state index contributed by atoms with van der Waals surface area (Å²) < 4.78 is 13.1. The summed E-state index contributed by atoms with van der Waals surface area (Å²) in [4.78, 5) is 37.1. The van der Waals surface area contributed by atoms with Crippen molar-refractivity contribution in [1.82, 2.24) is 0 Å². The van der Waals surface area contributed by atoms with Crippen LogP contribution in [0, 0.1) is 5.82 Å². The maximum absolute atomic E-state index is 13.1. The number of carbonyl (C=O) groups is 3. The minimum Gasteiger partial charge on any atom is -0.326 e. The van der Waals surface area contributed by atoms with Gasteiger partial charge in [0, 0.05) is 24.9 Å². The number of rotatable bonds is 5. The van der Waals surface area contributed by atoms with E-state index in [9.17, 15) is 18.8 Å². The van der Waals surface area contributed by atoms with Crippen LogP contribution in [0.4, 0.5) is 15.8 Å². The number of nitrogens with one attached hydrogen (secondary N) is 1. The van der Waals surface area contributed by atoms with Crippen LogP contribution in [0.3, 0.4) is 0 Å². The van der Waals surface area contributed by atoms with E-state index in [0.29, 0.717) is 37.1 Å². The van der Waals surface area contributed by atoms with Gasteiger partial charge >= 0.3 is 0 Å². The molecule has 1 aliphatic heterocycles. The highest BCUT2D eigenvalue weighted by Gasteiger charge is 2.27. The molecule has 0 bridgehead atoms. The fourth-order valence-electron chi connectivity index (χ4n) is 2.91. The van der Waals surface area contributed by atoms with Gasteiger partial charge in [0.25, 0.3) is 0 Å². The molecule has 1 N–H and O–H groups in total. The van der Waals surface area contributed by atoms with Crippen molar-refractivity contribution in [3.8, 4) is 0 Å². The number of hydrogen-bond donors (Lipinski definition) is 1. The van der Waals surface area contributed by atoms with Crippen LogP contribution in [0.25, 0.3) is 0 Å². The van der Waals surface area contributed by atoms with Gasteiger partial charge in [-0.1, -0.05) is 12.1 Å². The molecular weight excluding hydrogens is 335 g/mol. The number of hydrogen-bond acceptors (Lipinski definition) is 3. The first kappa shape index (κ1) is 17.8. The zero-order valence-electron chi connectivity index (χ0n) is 14.2. The lowest BCUT2D eigenvalue weighted by atomic mass is 10.1. The Hall–Kier alpha value is -3.02. The molecular formula is C20H19FN2O3. The maximum Gasteiger partial charge on any atom is 0.233 e.